The van der Waals surface area contributed by atoms with E-state index in [9.17, 15) is 4.79 Å². The van der Waals surface area contributed by atoms with Crippen LogP contribution in [0.3, 0.4) is 0 Å². The molecule has 1 fully saturated rings. The molecule has 1 unspecified atom stereocenters. The van der Waals surface area contributed by atoms with Crippen LogP contribution in [0.1, 0.15) is 32.3 Å². The van der Waals surface area contributed by atoms with Crippen molar-refractivity contribution in [1.29, 1.82) is 0 Å². The second-order valence-electron chi connectivity index (χ2n) is 5.06. The van der Waals surface area contributed by atoms with E-state index in [0.717, 1.165) is 30.9 Å². The van der Waals surface area contributed by atoms with Crippen LogP contribution in [0.25, 0.3) is 0 Å². The summed E-state index contributed by atoms with van der Waals surface area (Å²) in [6.07, 6.45) is 1.75. The molecule has 1 aromatic rings. The Bertz CT molecular complexity index is 439. The average Bonchev–Trinajstić information content (AvgIpc) is 2.28. The Kier molecular flexibility index (Phi) is 3.52. The van der Waals surface area contributed by atoms with E-state index in [4.69, 9.17) is 0 Å². The number of anilines is 1. The monoisotopic (exact) mass is 235 g/mol. The minimum Gasteiger partial charge on any atom is -0.368 e. The quantitative estimate of drug-likeness (QED) is 0.812. The van der Waals surface area contributed by atoms with Gasteiger partial charge >= 0.3 is 0 Å². The molecular formula is C13H21N3O. The van der Waals surface area contributed by atoms with E-state index < -0.39 is 0 Å². The second kappa shape index (κ2) is 4.92. The zero-order valence-corrected chi connectivity index (χ0v) is 10.8. The van der Waals surface area contributed by atoms with Crippen molar-refractivity contribution in [2.75, 3.05) is 24.5 Å². The molecule has 1 saturated heterocycles. The van der Waals surface area contributed by atoms with Crippen molar-refractivity contribution in [3.8, 4) is 0 Å². The predicted molar refractivity (Wildman–Crippen MR) is 70.8 cm³/mol. The summed E-state index contributed by atoms with van der Waals surface area (Å²) in [5, 5.41) is 3.42. The zero-order valence-electron chi connectivity index (χ0n) is 10.8. The standard InChI is InChI=1S/C13H21N3O/c1-9(2)12-11(4-5-15-13(12)17)16-7-6-14-10(3)8-16/h4-5,9-10,14H,6-8H2,1-3H3,(H,15,17). The molecule has 0 spiro atoms. The normalized spacial score (nSPS) is 20.9. The lowest BCUT2D eigenvalue weighted by Crippen LogP contribution is -2.49. The third kappa shape index (κ3) is 2.52. The first-order valence-corrected chi connectivity index (χ1v) is 6.29. The van der Waals surface area contributed by atoms with Gasteiger partial charge in [-0.25, -0.2) is 0 Å². The number of pyridine rings is 1. The van der Waals surface area contributed by atoms with Gasteiger partial charge < -0.3 is 15.2 Å². The molecule has 2 N–H and O–H groups in total. The number of aromatic amines is 1. The summed E-state index contributed by atoms with van der Waals surface area (Å²) < 4.78 is 0. The van der Waals surface area contributed by atoms with E-state index in [-0.39, 0.29) is 11.5 Å². The Morgan fingerprint density at radius 2 is 2.24 bits per heavy atom. The first kappa shape index (κ1) is 12.2. The summed E-state index contributed by atoms with van der Waals surface area (Å²) in [5.41, 5.74) is 2.04. The summed E-state index contributed by atoms with van der Waals surface area (Å²) >= 11 is 0. The van der Waals surface area contributed by atoms with Crippen molar-refractivity contribution in [3.63, 3.8) is 0 Å². The topological polar surface area (TPSA) is 48.1 Å². The van der Waals surface area contributed by atoms with E-state index in [1.54, 1.807) is 6.20 Å². The van der Waals surface area contributed by atoms with Crippen LogP contribution in [0.15, 0.2) is 17.1 Å². The van der Waals surface area contributed by atoms with E-state index >= 15 is 0 Å². The molecule has 0 saturated carbocycles. The number of aromatic nitrogens is 1. The van der Waals surface area contributed by atoms with Gasteiger partial charge in [-0.1, -0.05) is 13.8 Å². The Hall–Kier alpha value is -1.29. The molecule has 17 heavy (non-hydrogen) atoms. The fourth-order valence-electron chi connectivity index (χ4n) is 2.46. The highest BCUT2D eigenvalue weighted by Gasteiger charge is 2.20. The molecule has 0 amide bonds. The van der Waals surface area contributed by atoms with E-state index in [1.165, 1.54) is 0 Å². The molecule has 4 heteroatoms. The van der Waals surface area contributed by atoms with Crippen LogP contribution in [0.4, 0.5) is 5.69 Å². The Morgan fingerprint density at radius 1 is 1.47 bits per heavy atom. The third-order valence-corrected chi connectivity index (χ3v) is 3.26. The summed E-state index contributed by atoms with van der Waals surface area (Å²) in [6, 6.07) is 2.50. The number of hydrogen-bond acceptors (Lipinski definition) is 3. The molecule has 2 rings (SSSR count). The van der Waals surface area contributed by atoms with Gasteiger partial charge in [-0.2, -0.15) is 0 Å². The second-order valence-corrected chi connectivity index (χ2v) is 5.06. The lowest BCUT2D eigenvalue weighted by atomic mass is 10.0. The number of nitrogens with zero attached hydrogens (tertiary/aromatic N) is 1. The van der Waals surface area contributed by atoms with Crippen molar-refractivity contribution >= 4 is 5.69 Å². The van der Waals surface area contributed by atoms with Gasteiger partial charge in [-0.3, -0.25) is 4.79 Å². The van der Waals surface area contributed by atoms with Gasteiger partial charge in [0.2, 0.25) is 0 Å². The minimum atomic E-state index is 0.0451. The number of hydrogen-bond donors (Lipinski definition) is 2. The highest BCUT2D eigenvalue weighted by Crippen LogP contribution is 2.24. The Morgan fingerprint density at radius 3 is 2.88 bits per heavy atom. The van der Waals surface area contributed by atoms with Crippen LogP contribution in [0.2, 0.25) is 0 Å². The molecule has 0 radical (unpaired) electrons. The Labute approximate surface area is 102 Å². The molecule has 4 nitrogen and oxygen atoms in total. The zero-order chi connectivity index (χ0) is 12.4. The summed E-state index contributed by atoms with van der Waals surface area (Å²) in [5.74, 6) is 0.250. The average molecular weight is 235 g/mol. The molecular weight excluding hydrogens is 214 g/mol. The maximum absolute atomic E-state index is 11.9. The van der Waals surface area contributed by atoms with Crippen molar-refractivity contribution in [1.82, 2.24) is 10.3 Å². The molecule has 1 atom stereocenters. The molecule has 0 aliphatic carbocycles. The van der Waals surface area contributed by atoms with Gasteiger partial charge in [-0.15, -0.1) is 0 Å². The molecule has 0 bridgehead atoms. The molecule has 1 aliphatic rings. The van der Waals surface area contributed by atoms with Crippen molar-refractivity contribution in [2.24, 2.45) is 0 Å². The van der Waals surface area contributed by atoms with Gasteiger partial charge in [0.05, 0.1) is 0 Å². The van der Waals surface area contributed by atoms with Gasteiger partial charge in [-0.05, 0) is 18.9 Å². The van der Waals surface area contributed by atoms with Crippen LogP contribution < -0.4 is 15.8 Å². The van der Waals surface area contributed by atoms with Crippen molar-refractivity contribution < 1.29 is 0 Å². The van der Waals surface area contributed by atoms with Gasteiger partial charge in [0.15, 0.2) is 0 Å². The summed E-state index contributed by atoms with van der Waals surface area (Å²) in [4.78, 5) is 17.0. The van der Waals surface area contributed by atoms with Gasteiger partial charge in [0.25, 0.3) is 5.56 Å². The van der Waals surface area contributed by atoms with Crippen LogP contribution in [0.5, 0.6) is 0 Å². The largest absolute Gasteiger partial charge is 0.368 e. The molecule has 1 aliphatic heterocycles. The van der Waals surface area contributed by atoms with Crippen molar-refractivity contribution in [3.05, 3.63) is 28.2 Å². The molecule has 2 heterocycles. The predicted octanol–water partition coefficient (Wildman–Crippen LogP) is 1.30. The smallest absolute Gasteiger partial charge is 0.253 e. The first-order valence-electron chi connectivity index (χ1n) is 6.29. The number of rotatable bonds is 2. The van der Waals surface area contributed by atoms with Crippen LogP contribution in [-0.4, -0.2) is 30.7 Å². The SMILES string of the molecule is CC1CN(c2cc[nH]c(=O)c2C(C)C)CCN1. The number of piperazine rings is 1. The van der Waals surface area contributed by atoms with Crippen molar-refractivity contribution in [2.45, 2.75) is 32.7 Å². The summed E-state index contributed by atoms with van der Waals surface area (Å²) in [6.45, 7) is 9.22. The highest BCUT2D eigenvalue weighted by molar-refractivity contribution is 5.54. The fraction of sp³-hybridized carbons (Fsp3) is 0.615. The van der Waals surface area contributed by atoms with Gasteiger partial charge in [0, 0.05) is 43.1 Å². The maximum atomic E-state index is 11.9. The van der Waals surface area contributed by atoms with Crippen LogP contribution >= 0.6 is 0 Å². The lowest BCUT2D eigenvalue weighted by Gasteiger charge is -2.35. The highest BCUT2D eigenvalue weighted by atomic mass is 16.1. The number of H-pyrrole nitrogens is 1. The lowest BCUT2D eigenvalue weighted by molar-refractivity contribution is 0.483. The van der Waals surface area contributed by atoms with Crippen LogP contribution in [-0.2, 0) is 0 Å². The Balaban J connectivity index is 2.37. The van der Waals surface area contributed by atoms with E-state index in [0.29, 0.717) is 6.04 Å². The maximum Gasteiger partial charge on any atom is 0.253 e. The van der Waals surface area contributed by atoms with Gasteiger partial charge in [0.1, 0.15) is 0 Å². The molecule has 0 aromatic carbocycles. The van der Waals surface area contributed by atoms with E-state index in [2.05, 4.69) is 36.0 Å². The number of nitrogens with one attached hydrogen (secondary N) is 2. The minimum absolute atomic E-state index is 0.0451. The van der Waals surface area contributed by atoms with E-state index in [1.807, 2.05) is 6.07 Å². The summed E-state index contributed by atoms with van der Waals surface area (Å²) in [7, 11) is 0. The molecule has 1 aromatic heterocycles. The van der Waals surface area contributed by atoms with Crippen LogP contribution in [0, 0.1) is 0 Å². The first-order chi connectivity index (χ1) is 8.09. The fourth-order valence-corrected chi connectivity index (χ4v) is 2.46. The molecule has 94 valence electrons. The third-order valence-electron chi connectivity index (χ3n) is 3.26.